The van der Waals surface area contributed by atoms with E-state index in [9.17, 15) is 13.2 Å². The Morgan fingerprint density at radius 1 is 1.29 bits per heavy atom. The van der Waals surface area contributed by atoms with Crippen LogP contribution < -0.4 is 10.1 Å². The fourth-order valence-corrected chi connectivity index (χ4v) is 6.11. The molecule has 1 N–H and O–H groups in total. The highest BCUT2D eigenvalue weighted by Gasteiger charge is 2.33. The molecule has 0 spiro atoms. The van der Waals surface area contributed by atoms with Crippen molar-refractivity contribution in [3.05, 3.63) is 46.8 Å². The monoisotopic (exact) mass is 422 g/mol. The van der Waals surface area contributed by atoms with Crippen LogP contribution in [0.3, 0.4) is 0 Å². The summed E-state index contributed by atoms with van der Waals surface area (Å²) in [6.45, 7) is 4.66. The van der Waals surface area contributed by atoms with Gasteiger partial charge in [-0.2, -0.15) is 4.31 Å². The van der Waals surface area contributed by atoms with Crippen molar-refractivity contribution in [2.75, 3.05) is 20.2 Å². The molecule has 3 rings (SSSR count). The van der Waals surface area contributed by atoms with Gasteiger partial charge < -0.3 is 10.1 Å². The van der Waals surface area contributed by atoms with Crippen LogP contribution in [-0.4, -0.2) is 38.8 Å². The third kappa shape index (κ3) is 4.39. The van der Waals surface area contributed by atoms with Crippen molar-refractivity contribution in [3.63, 3.8) is 0 Å². The molecule has 0 radical (unpaired) electrons. The van der Waals surface area contributed by atoms with E-state index in [0.717, 1.165) is 16.9 Å². The SMILES string of the molecule is COc1ccc(C)cc1[C@@H](C)NC(=O)C1CCN(S(=O)(=O)c2cccs2)CC1. The lowest BCUT2D eigenvalue weighted by atomic mass is 9.96. The van der Waals surface area contributed by atoms with Crippen molar-refractivity contribution in [1.29, 1.82) is 0 Å². The summed E-state index contributed by atoms with van der Waals surface area (Å²) in [5.74, 6) is 0.521. The molecule has 1 amide bonds. The molecule has 152 valence electrons. The zero-order chi connectivity index (χ0) is 20.3. The van der Waals surface area contributed by atoms with Crippen LogP contribution in [0.5, 0.6) is 5.75 Å². The van der Waals surface area contributed by atoms with E-state index in [4.69, 9.17) is 4.74 Å². The number of carbonyl (C=O) groups excluding carboxylic acids is 1. The lowest BCUT2D eigenvalue weighted by Gasteiger charge is -2.31. The lowest BCUT2D eigenvalue weighted by Crippen LogP contribution is -2.43. The standard InChI is InChI=1S/C20H26N2O4S2/c1-14-6-7-18(26-3)17(13-14)15(2)21-20(23)16-8-10-22(11-9-16)28(24,25)19-5-4-12-27-19/h4-7,12-13,15-16H,8-11H2,1-3H3,(H,21,23)/t15-/m1/s1. The number of methoxy groups -OCH3 is 1. The first-order chi connectivity index (χ1) is 13.3. The van der Waals surface area contributed by atoms with Crippen LogP contribution in [0, 0.1) is 12.8 Å². The van der Waals surface area contributed by atoms with E-state index in [1.165, 1.54) is 15.6 Å². The number of nitrogens with one attached hydrogen (secondary N) is 1. The Morgan fingerprint density at radius 2 is 2.00 bits per heavy atom. The van der Waals surface area contributed by atoms with Gasteiger partial charge in [0.2, 0.25) is 5.91 Å². The van der Waals surface area contributed by atoms with Crippen LogP contribution in [0.2, 0.25) is 0 Å². The van der Waals surface area contributed by atoms with Crippen LogP contribution in [0.1, 0.15) is 36.9 Å². The third-order valence-corrected chi connectivity index (χ3v) is 8.40. The molecule has 1 aromatic heterocycles. The maximum Gasteiger partial charge on any atom is 0.252 e. The van der Waals surface area contributed by atoms with Crippen molar-refractivity contribution >= 4 is 27.3 Å². The van der Waals surface area contributed by atoms with Crippen LogP contribution in [-0.2, 0) is 14.8 Å². The molecule has 0 bridgehead atoms. The quantitative estimate of drug-likeness (QED) is 0.775. The summed E-state index contributed by atoms with van der Waals surface area (Å²) in [5, 5.41) is 4.82. The number of nitrogens with zero attached hydrogens (tertiary/aromatic N) is 1. The third-order valence-electron chi connectivity index (χ3n) is 5.12. The van der Waals surface area contributed by atoms with Gasteiger partial charge in [0, 0.05) is 24.6 Å². The first-order valence-electron chi connectivity index (χ1n) is 9.31. The summed E-state index contributed by atoms with van der Waals surface area (Å²) >= 11 is 1.22. The van der Waals surface area contributed by atoms with Gasteiger partial charge in [0.05, 0.1) is 13.2 Å². The highest BCUT2D eigenvalue weighted by molar-refractivity contribution is 7.91. The molecule has 0 aliphatic carbocycles. The number of aryl methyl sites for hydroxylation is 1. The Labute approximate surface area is 170 Å². The fraction of sp³-hybridized carbons (Fsp3) is 0.450. The van der Waals surface area contributed by atoms with Gasteiger partial charge in [-0.05, 0) is 44.2 Å². The lowest BCUT2D eigenvalue weighted by molar-refractivity contribution is -0.126. The number of ether oxygens (including phenoxy) is 1. The number of carbonyl (C=O) groups is 1. The zero-order valence-electron chi connectivity index (χ0n) is 16.3. The number of rotatable bonds is 6. The van der Waals surface area contributed by atoms with Gasteiger partial charge in [0.25, 0.3) is 10.0 Å². The topological polar surface area (TPSA) is 75.7 Å². The Balaban J connectivity index is 1.61. The Bertz CT molecular complexity index is 918. The molecular formula is C20H26N2O4S2. The summed E-state index contributed by atoms with van der Waals surface area (Å²) in [5.41, 5.74) is 2.04. The predicted molar refractivity (Wildman–Crippen MR) is 110 cm³/mol. The molecule has 2 aromatic rings. The van der Waals surface area contributed by atoms with Crippen LogP contribution in [0.25, 0.3) is 0 Å². The van der Waals surface area contributed by atoms with Gasteiger partial charge >= 0.3 is 0 Å². The van der Waals surface area contributed by atoms with E-state index < -0.39 is 10.0 Å². The number of amides is 1. The first-order valence-corrected chi connectivity index (χ1v) is 11.6. The summed E-state index contributed by atoms with van der Waals surface area (Å²) in [7, 11) is -1.83. The number of thiophene rings is 1. The van der Waals surface area contributed by atoms with Crippen LogP contribution in [0.4, 0.5) is 0 Å². The van der Waals surface area contributed by atoms with Gasteiger partial charge in [-0.25, -0.2) is 8.42 Å². The molecule has 1 aliphatic rings. The summed E-state index contributed by atoms with van der Waals surface area (Å²) in [4.78, 5) is 12.7. The molecule has 2 heterocycles. The normalized spacial score (nSPS) is 17.2. The Morgan fingerprint density at radius 3 is 2.61 bits per heavy atom. The van der Waals surface area contributed by atoms with Crippen LogP contribution in [0.15, 0.2) is 39.9 Å². The molecule has 6 nitrogen and oxygen atoms in total. The largest absolute Gasteiger partial charge is 0.496 e. The Kier molecular flexibility index (Phi) is 6.42. The smallest absolute Gasteiger partial charge is 0.252 e. The van der Waals surface area contributed by atoms with Crippen molar-refractivity contribution in [2.24, 2.45) is 5.92 Å². The van der Waals surface area contributed by atoms with E-state index in [1.54, 1.807) is 24.6 Å². The maximum absolute atomic E-state index is 12.7. The highest BCUT2D eigenvalue weighted by Crippen LogP contribution is 2.29. The maximum atomic E-state index is 12.7. The van der Waals surface area contributed by atoms with E-state index in [0.29, 0.717) is 30.1 Å². The second kappa shape index (κ2) is 8.63. The summed E-state index contributed by atoms with van der Waals surface area (Å²) < 4.78 is 32.5. The van der Waals surface area contributed by atoms with Crippen molar-refractivity contribution in [1.82, 2.24) is 9.62 Å². The minimum absolute atomic E-state index is 0.0377. The van der Waals surface area contributed by atoms with Crippen LogP contribution >= 0.6 is 11.3 Å². The molecule has 1 saturated heterocycles. The van der Waals surface area contributed by atoms with E-state index in [1.807, 2.05) is 32.0 Å². The molecule has 0 unspecified atom stereocenters. The van der Waals surface area contributed by atoms with Crippen molar-refractivity contribution in [2.45, 2.75) is 36.9 Å². The fourth-order valence-electron chi connectivity index (χ4n) is 3.50. The molecule has 28 heavy (non-hydrogen) atoms. The molecule has 1 fully saturated rings. The average molecular weight is 423 g/mol. The molecule has 0 saturated carbocycles. The average Bonchev–Trinajstić information content (AvgIpc) is 3.23. The highest BCUT2D eigenvalue weighted by atomic mass is 32.2. The molecular weight excluding hydrogens is 396 g/mol. The minimum atomic E-state index is -3.44. The molecule has 1 atom stereocenters. The second-order valence-electron chi connectivity index (χ2n) is 7.09. The summed E-state index contributed by atoms with van der Waals surface area (Å²) in [6, 6.07) is 9.06. The minimum Gasteiger partial charge on any atom is -0.496 e. The number of hydrogen-bond acceptors (Lipinski definition) is 5. The predicted octanol–water partition coefficient (Wildman–Crippen LogP) is 3.34. The van der Waals surface area contributed by atoms with Crippen molar-refractivity contribution < 1.29 is 17.9 Å². The van der Waals surface area contributed by atoms with Gasteiger partial charge in [0.15, 0.2) is 0 Å². The summed E-state index contributed by atoms with van der Waals surface area (Å²) in [6.07, 6.45) is 1.04. The van der Waals surface area contributed by atoms with Gasteiger partial charge in [-0.3, -0.25) is 4.79 Å². The Hall–Kier alpha value is -1.90. The van der Waals surface area contributed by atoms with Crippen molar-refractivity contribution in [3.8, 4) is 5.75 Å². The van der Waals surface area contributed by atoms with Gasteiger partial charge in [-0.15, -0.1) is 11.3 Å². The molecule has 1 aromatic carbocycles. The number of benzene rings is 1. The first kappa shape index (κ1) is 20.8. The van der Waals surface area contributed by atoms with Gasteiger partial charge in [0.1, 0.15) is 9.96 Å². The molecule has 1 aliphatic heterocycles. The number of piperidine rings is 1. The van der Waals surface area contributed by atoms with E-state index in [-0.39, 0.29) is 17.9 Å². The van der Waals surface area contributed by atoms with Gasteiger partial charge in [-0.1, -0.05) is 23.8 Å². The number of hydrogen-bond donors (Lipinski definition) is 1. The molecule has 8 heteroatoms. The van der Waals surface area contributed by atoms with E-state index in [2.05, 4.69) is 5.32 Å². The second-order valence-corrected chi connectivity index (χ2v) is 10.2. The van der Waals surface area contributed by atoms with E-state index >= 15 is 0 Å². The zero-order valence-corrected chi connectivity index (χ0v) is 18.0. The number of sulfonamides is 1.